The van der Waals surface area contributed by atoms with Crippen molar-refractivity contribution in [2.45, 2.75) is 36.7 Å². The van der Waals surface area contributed by atoms with Crippen molar-refractivity contribution in [3.63, 3.8) is 0 Å². The standard InChI is InChI=1S/C23H26N4O3S/c1-17-7-10-20(31(29,30)25-19-8-9-19)15-21(17)23(28)27-13-11-26(12-14-27)22(16-24)18-5-3-2-4-6-18/h2-7,10,15,19,22,25H,8-9,11-14H2,1H3. The first-order valence-electron chi connectivity index (χ1n) is 10.5. The summed E-state index contributed by atoms with van der Waals surface area (Å²) in [6.07, 6.45) is 1.71. The van der Waals surface area contributed by atoms with E-state index in [0.29, 0.717) is 31.7 Å². The summed E-state index contributed by atoms with van der Waals surface area (Å²) in [6.45, 7) is 3.95. The Morgan fingerprint density at radius 2 is 1.77 bits per heavy atom. The van der Waals surface area contributed by atoms with Gasteiger partial charge in [0, 0.05) is 37.8 Å². The first kappa shape index (κ1) is 21.5. The van der Waals surface area contributed by atoms with Crippen LogP contribution in [-0.4, -0.2) is 56.3 Å². The largest absolute Gasteiger partial charge is 0.336 e. The smallest absolute Gasteiger partial charge is 0.254 e. The van der Waals surface area contributed by atoms with Gasteiger partial charge < -0.3 is 4.90 Å². The van der Waals surface area contributed by atoms with Crippen LogP contribution in [0.5, 0.6) is 0 Å². The van der Waals surface area contributed by atoms with E-state index < -0.39 is 10.0 Å². The Bertz CT molecular complexity index is 1100. The minimum atomic E-state index is -3.62. The lowest BCUT2D eigenvalue weighted by Gasteiger charge is -2.37. The van der Waals surface area contributed by atoms with Crippen LogP contribution in [0.15, 0.2) is 53.4 Å². The van der Waals surface area contributed by atoms with Crippen LogP contribution in [0.25, 0.3) is 0 Å². The highest BCUT2D eigenvalue weighted by Gasteiger charge is 2.30. The summed E-state index contributed by atoms with van der Waals surface area (Å²) in [5, 5.41) is 9.66. The van der Waals surface area contributed by atoms with E-state index in [1.54, 1.807) is 17.0 Å². The second-order valence-electron chi connectivity index (χ2n) is 8.14. The van der Waals surface area contributed by atoms with Crippen LogP contribution >= 0.6 is 0 Å². The summed E-state index contributed by atoms with van der Waals surface area (Å²) < 4.78 is 27.8. The van der Waals surface area contributed by atoms with Gasteiger partial charge in [-0.3, -0.25) is 9.69 Å². The molecule has 2 fully saturated rings. The highest BCUT2D eigenvalue weighted by molar-refractivity contribution is 7.89. The van der Waals surface area contributed by atoms with Crippen LogP contribution in [0.1, 0.15) is 40.4 Å². The van der Waals surface area contributed by atoms with E-state index in [1.807, 2.05) is 37.3 Å². The highest BCUT2D eigenvalue weighted by Crippen LogP contribution is 2.25. The maximum Gasteiger partial charge on any atom is 0.254 e. The molecule has 162 valence electrons. The molecular formula is C23H26N4O3S. The van der Waals surface area contributed by atoms with Crippen molar-refractivity contribution < 1.29 is 13.2 Å². The summed E-state index contributed by atoms with van der Waals surface area (Å²) in [6, 6.07) is 16.4. The Hall–Kier alpha value is -2.73. The number of amides is 1. The molecule has 1 N–H and O–H groups in total. The van der Waals surface area contributed by atoms with Crippen LogP contribution in [0.2, 0.25) is 0 Å². The molecule has 1 saturated heterocycles. The molecule has 1 atom stereocenters. The second kappa shape index (κ2) is 8.79. The van der Waals surface area contributed by atoms with E-state index in [4.69, 9.17) is 0 Å². The van der Waals surface area contributed by atoms with E-state index in [2.05, 4.69) is 15.7 Å². The molecule has 8 heteroatoms. The van der Waals surface area contributed by atoms with Gasteiger partial charge in [-0.2, -0.15) is 5.26 Å². The van der Waals surface area contributed by atoms with Crippen LogP contribution in [0.3, 0.4) is 0 Å². The first-order valence-corrected chi connectivity index (χ1v) is 12.0. The van der Waals surface area contributed by atoms with Crippen LogP contribution in [0.4, 0.5) is 0 Å². The summed E-state index contributed by atoms with van der Waals surface area (Å²) in [5.41, 5.74) is 2.10. The molecule has 0 bridgehead atoms. The van der Waals surface area contributed by atoms with Crippen LogP contribution in [0, 0.1) is 18.3 Å². The lowest BCUT2D eigenvalue weighted by Crippen LogP contribution is -2.49. The molecule has 0 spiro atoms. The fraction of sp³-hybridized carbons (Fsp3) is 0.391. The molecule has 2 aromatic rings. The number of hydrogen-bond donors (Lipinski definition) is 1. The number of carbonyl (C=O) groups is 1. The monoisotopic (exact) mass is 438 g/mol. The average Bonchev–Trinajstić information content (AvgIpc) is 3.58. The van der Waals surface area contributed by atoms with Gasteiger partial charge in [0.1, 0.15) is 6.04 Å². The van der Waals surface area contributed by atoms with Crippen molar-refractivity contribution in [3.8, 4) is 6.07 Å². The maximum absolute atomic E-state index is 13.2. The SMILES string of the molecule is Cc1ccc(S(=O)(=O)NC2CC2)cc1C(=O)N1CCN(C(C#N)c2ccccc2)CC1. The molecule has 1 saturated carbocycles. The van der Waals surface area contributed by atoms with Crippen molar-refractivity contribution in [1.82, 2.24) is 14.5 Å². The molecule has 1 aliphatic heterocycles. The minimum absolute atomic E-state index is 0.0104. The number of aryl methyl sites for hydroxylation is 1. The van der Waals surface area contributed by atoms with E-state index in [-0.39, 0.29) is 22.9 Å². The Kier molecular flexibility index (Phi) is 6.10. The number of rotatable bonds is 6. The number of carbonyl (C=O) groups excluding carboxylic acids is 1. The van der Waals surface area contributed by atoms with Gasteiger partial charge in [0.15, 0.2) is 0 Å². The van der Waals surface area contributed by atoms with Gasteiger partial charge in [-0.1, -0.05) is 36.4 Å². The van der Waals surface area contributed by atoms with Crippen molar-refractivity contribution in [3.05, 3.63) is 65.2 Å². The van der Waals surface area contributed by atoms with Gasteiger partial charge >= 0.3 is 0 Å². The van der Waals surface area contributed by atoms with E-state index in [9.17, 15) is 18.5 Å². The Morgan fingerprint density at radius 3 is 2.39 bits per heavy atom. The third-order valence-electron chi connectivity index (χ3n) is 5.85. The highest BCUT2D eigenvalue weighted by atomic mass is 32.2. The number of nitrogens with one attached hydrogen (secondary N) is 1. The number of hydrogen-bond acceptors (Lipinski definition) is 5. The van der Waals surface area contributed by atoms with Gasteiger partial charge in [-0.25, -0.2) is 13.1 Å². The topological polar surface area (TPSA) is 93.5 Å². The number of piperazine rings is 1. The third-order valence-corrected chi connectivity index (χ3v) is 7.37. The van der Waals surface area contributed by atoms with Gasteiger partial charge in [-0.05, 0) is 43.0 Å². The summed E-state index contributed by atoms with van der Waals surface area (Å²) in [4.78, 5) is 17.1. The average molecular weight is 439 g/mol. The molecular weight excluding hydrogens is 412 g/mol. The predicted octanol–water partition coefficient (Wildman–Crippen LogP) is 2.46. The lowest BCUT2D eigenvalue weighted by molar-refractivity contribution is 0.0605. The molecule has 4 rings (SSSR count). The molecule has 1 aliphatic carbocycles. The number of sulfonamides is 1. The van der Waals surface area contributed by atoms with Crippen molar-refractivity contribution in [2.75, 3.05) is 26.2 Å². The quantitative estimate of drug-likeness (QED) is 0.748. The third kappa shape index (κ3) is 4.79. The van der Waals surface area contributed by atoms with E-state index in [0.717, 1.165) is 24.0 Å². The van der Waals surface area contributed by atoms with E-state index in [1.165, 1.54) is 6.07 Å². The van der Waals surface area contributed by atoms with Crippen molar-refractivity contribution in [2.24, 2.45) is 0 Å². The second-order valence-corrected chi connectivity index (χ2v) is 9.86. The zero-order chi connectivity index (χ0) is 22.0. The Labute approximate surface area is 183 Å². The lowest BCUT2D eigenvalue weighted by atomic mass is 10.0. The molecule has 7 nitrogen and oxygen atoms in total. The molecule has 0 aromatic heterocycles. The molecule has 1 unspecified atom stereocenters. The van der Waals surface area contributed by atoms with Gasteiger partial charge in [0.25, 0.3) is 5.91 Å². The Morgan fingerprint density at radius 1 is 1.10 bits per heavy atom. The zero-order valence-electron chi connectivity index (χ0n) is 17.5. The molecule has 1 heterocycles. The molecule has 2 aromatic carbocycles. The molecule has 0 radical (unpaired) electrons. The van der Waals surface area contributed by atoms with Crippen LogP contribution in [-0.2, 0) is 10.0 Å². The van der Waals surface area contributed by atoms with Gasteiger partial charge in [0.2, 0.25) is 10.0 Å². The van der Waals surface area contributed by atoms with Gasteiger partial charge in [0.05, 0.1) is 11.0 Å². The summed E-state index contributed by atoms with van der Waals surface area (Å²) in [5.74, 6) is -0.172. The van der Waals surface area contributed by atoms with Gasteiger partial charge in [-0.15, -0.1) is 0 Å². The predicted molar refractivity (Wildman–Crippen MR) is 117 cm³/mol. The summed E-state index contributed by atoms with van der Waals surface area (Å²) >= 11 is 0. The van der Waals surface area contributed by atoms with Crippen LogP contribution < -0.4 is 4.72 Å². The molecule has 2 aliphatic rings. The number of nitriles is 1. The maximum atomic E-state index is 13.2. The van der Waals surface area contributed by atoms with Crippen molar-refractivity contribution in [1.29, 1.82) is 5.26 Å². The molecule has 1 amide bonds. The van der Waals surface area contributed by atoms with E-state index >= 15 is 0 Å². The molecule has 31 heavy (non-hydrogen) atoms. The minimum Gasteiger partial charge on any atom is -0.336 e. The van der Waals surface area contributed by atoms with Crippen molar-refractivity contribution >= 4 is 15.9 Å². The fourth-order valence-electron chi connectivity index (χ4n) is 3.84. The number of benzene rings is 2. The fourth-order valence-corrected chi connectivity index (χ4v) is 5.17. The first-order chi connectivity index (χ1) is 14.9. The Balaban J connectivity index is 1.46. The zero-order valence-corrected chi connectivity index (χ0v) is 18.3. The number of nitrogens with zero attached hydrogens (tertiary/aromatic N) is 3. The summed E-state index contributed by atoms with van der Waals surface area (Å²) in [7, 11) is -3.62. The normalized spacial score (nSPS) is 18.4.